The monoisotopic (exact) mass is 423 g/mol. The normalized spacial score (nSPS) is 25.8. The zero-order valence-corrected chi connectivity index (χ0v) is 17.9. The van der Waals surface area contributed by atoms with E-state index in [2.05, 4.69) is 15.1 Å². The van der Waals surface area contributed by atoms with Gasteiger partial charge in [-0.05, 0) is 62.0 Å². The average molecular weight is 423 g/mol. The lowest BCUT2D eigenvalue weighted by Gasteiger charge is -2.43. The Morgan fingerprint density at radius 3 is 2.71 bits per heavy atom. The summed E-state index contributed by atoms with van der Waals surface area (Å²) in [6, 6.07) is 8.78. The average Bonchev–Trinajstić information content (AvgIpc) is 3.03. The molecule has 4 heterocycles. The number of fused-ring (bicyclic) bond motifs is 3. The number of phenolic OH excluding ortho intramolecular Hbond substituents is 1. The molecule has 2 aliphatic heterocycles. The molecule has 2 aliphatic rings. The van der Waals surface area contributed by atoms with Crippen molar-refractivity contribution in [2.24, 2.45) is 7.05 Å². The smallest absolute Gasteiger partial charge is 0.258 e. The predicted octanol–water partition coefficient (Wildman–Crippen LogP) is 2.71. The van der Waals surface area contributed by atoms with Crippen LogP contribution in [0, 0.1) is 0 Å². The summed E-state index contributed by atoms with van der Waals surface area (Å²) in [4.78, 5) is 16.4. The number of alkyl halides is 1. The van der Waals surface area contributed by atoms with Crippen LogP contribution in [0.25, 0.3) is 22.0 Å². The van der Waals surface area contributed by atoms with Crippen molar-refractivity contribution in [3.8, 4) is 17.0 Å². The van der Waals surface area contributed by atoms with Gasteiger partial charge in [0.1, 0.15) is 11.9 Å². The minimum Gasteiger partial charge on any atom is -0.507 e. The molecule has 1 N–H and O–H groups in total. The van der Waals surface area contributed by atoms with Gasteiger partial charge in [0.05, 0.1) is 17.1 Å². The number of pyridine rings is 1. The first-order chi connectivity index (χ1) is 14.8. The Morgan fingerprint density at radius 2 is 1.97 bits per heavy atom. The largest absolute Gasteiger partial charge is 0.507 e. The minimum atomic E-state index is -0.928. The lowest BCUT2D eigenvalue weighted by molar-refractivity contribution is 0.0701. The molecule has 0 aliphatic carbocycles. The van der Waals surface area contributed by atoms with E-state index in [0.29, 0.717) is 28.5 Å². The molecule has 162 valence electrons. The lowest BCUT2D eigenvalue weighted by Crippen LogP contribution is -2.56. The highest BCUT2D eigenvalue weighted by Gasteiger charge is 2.47. The predicted molar refractivity (Wildman–Crippen MR) is 118 cm³/mol. The molecular formula is C23H26FN5O2. The highest BCUT2D eigenvalue weighted by atomic mass is 19.1. The Labute approximate surface area is 179 Å². The van der Waals surface area contributed by atoms with Gasteiger partial charge in [-0.3, -0.25) is 9.69 Å². The zero-order chi connectivity index (χ0) is 21.9. The Kier molecular flexibility index (Phi) is 4.69. The highest BCUT2D eigenvalue weighted by molar-refractivity contribution is 5.89. The number of aryl methyl sites for hydroxylation is 1. The summed E-state index contributed by atoms with van der Waals surface area (Å²) in [5, 5.41) is 20.3. The molecule has 7 nitrogen and oxygen atoms in total. The van der Waals surface area contributed by atoms with Crippen LogP contribution in [0.4, 0.5) is 10.2 Å². The van der Waals surface area contributed by atoms with Crippen LogP contribution in [0.2, 0.25) is 0 Å². The molecule has 31 heavy (non-hydrogen) atoms. The SMILES string of the molecule is CN(c1ccc(-c2cc3ccn(C)c(=O)c3cc2O)nn1)[C@H]1C[C@@H]2CC[C@H]([C@H]1F)N2C. The molecule has 0 spiro atoms. The Balaban J connectivity index is 1.43. The van der Waals surface area contributed by atoms with Crippen LogP contribution < -0.4 is 10.5 Å². The van der Waals surface area contributed by atoms with Crippen molar-refractivity contribution in [2.75, 3.05) is 19.0 Å². The number of benzene rings is 1. The minimum absolute atomic E-state index is 0.0260. The van der Waals surface area contributed by atoms with Crippen LogP contribution in [0.5, 0.6) is 5.75 Å². The molecule has 0 unspecified atom stereocenters. The summed E-state index contributed by atoms with van der Waals surface area (Å²) < 4.78 is 16.6. The summed E-state index contributed by atoms with van der Waals surface area (Å²) >= 11 is 0. The van der Waals surface area contributed by atoms with E-state index < -0.39 is 6.17 Å². The number of phenols is 1. The van der Waals surface area contributed by atoms with Gasteiger partial charge >= 0.3 is 0 Å². The van der Waals surface area contributed by atoms with Crippen LogP contribution in [-0.4, -0.2) is 63.2 Å². The third-order valence-electron chi connectivity index (χ3n) is 7.13. The Morgan fingerprint density at radius 1 is 1.16 bits per heavy atom. The van der Waals surface area contributed by atoms with Crippen molar-refractivity contribution in [3.63, 3.8) is 0 Å². The molecule has 0 saturated carbocycles. The topological polar surface area (TPSA) is 74.5 Å². The summed E-state index contributed by atoms with van der Waals surface area (Å²) in [7, 11) is 5.56. The number of aromatic nitrogens is 3. The van der Waals surface area contributed by atoms with Crippen LogP contribution >= 0.6 is 0 Å². The highest BCUT2D eigenvalue weighted by Crippen LogP contribution is 2.39. The van der Waals surface area contributed by atoms with E-state index >= 15 is 4.39 Å². The summed E-state index contributed by atoms with van der Waals surface area (Å²) in [6.07, 6.45) is 3.48. The molecule has 4 atom stereocenters. The molecule has 3 aromatic rings. The second kappa shape index (κ2) is 7.30. The lowest BCUT2D eigenvalue weighted by atomic mass is 9.95. The first-order valence-electron chi connectivity index (χ1n) is 10.6. The molecule has 2 fully saturated rings. The third kappa shape index (κ3) is 3.17. The third-order valence-corrected chi connectivity index (χ3v) is 7.13. The molecule has 2 bridgehead atoms. The van der Waals surface area contributed by atoms with E-state index in [1.54, 1.807) is 25.4 Å². The first-order valence-corrected chi connectivity index (χ1v) is 10.6. The van der Waals surface area contributed by atoms with Crippen molar-refractivity contribution in [1.82, 2.24) is 19.7 Å². The number of anilines is 1. The fraction of sp³-hybridized carbons (Fsp3) is 0.435. The van der Waals surface area contributed by atoms with E-state index in [0.717, 1.165) is 24.6 Å². The van der Waals surface area contributed by atoms with E-state index in [-0.39, 0.29) is 23.4 Å². The van der Waals surface area contributed by atoms with Crippen molar-refractivity contribution in [3.05, 3.63) is 46.9 Å². The molecule has 1 aromatic carbocycles. The number of hydrogen-bond donors (Lipinski definition) is 1. The fourth-order valence-corrected chi connectivity index (χ4v) is 5.16. The number of halogens is 1. The second-order valence-corrected chi connectivity index (χ2v) is 8.79. The number of hydrogen-bond acceptors (Lipinski definition) is 6. The van der Waals surface area contributed by atoms with Gasteiger partial charge in [0, 0.05) is 37.9 Å². The fourth-order valence-electron chi connectivity index (χ4n) is 5.16. The summed E-state index contributed by atoms with van der Waals surface area (Å²) in [5.41, 5.74) is 0.830. The maximum atomic E-state index is 15.1. The van der Waals surface area contributed by atoms with Gasteiger partial charge in [0.15, 0.2) is 5.82 Å². The van der Waals surface area contributed by atoms with E-state index in [1.165, 1.54) is 10.6 Å². The molecule has 0 amide bonds. The second-order valence-electron chi connectivity index (χ2n) is 8.79. The quantitative estimate of drug-likeness (QED) is 0.698. The Bertz CT molecular complexity index is 1200. The van der Waals surface area contributed by atoms with E-state index in [1.807, 2.05) is 31.1 Å². The van der Waals surface area contributed by atoms with E-state index in [4.69, 9.17) is 0 Å². The molecule has 2 aromatic heterocycles. The first kappa shape index (κ1) is 19.9. The van der Waals surface area contributed by atoms with Gasteiger partial charge in [-0.15, -0.1) is 10.2 Å². The maximum absolute atomic E-state index is 15.1. The molecule has 0 radical (unpaired) electrons. The van der Waals surface area contributed by atoms with Gasteiger partial charge in [0.25, 0.3) is 5.56 Å². The standard InChI is InChI=1S/C23H26FN5O2/c1-27-9-8-13-10-16(20(30)12-15(13)23(27)31)17-5-7-21(26-25-17)29(3)19-11-14-4-6-18(22(19)24)28(14)2/h5,7-10,12,14,18-19,22,30H,4,6,11H2,1-3H3/t14-,18+,19-,22+/m0/s1. The van der Waals surface area contributed by atoms with Crippen molar-refractivity contribution in [2.45, 2.75) is 43.6 Å². The van der Waals surface area contributed by atoms with Crippen LogP contribution in [0.15, 0.2) is 41.3 Å². The van der Waals surface area contributed by atoms with Crippen LogP contribution in [0.3, 0.4) is 0 Å². The van der Waals surface area contributed by atoms with Gasteiger partial charge < -0.3 is 14.6 Å². The van der Waals surface area contributed by atoms with Crippen molar-refractivity contribution >= 4 is 16.6 Å². The summed E-state index contributed by atoms with van der Waals surface area (Å²) in [5.74, 6) is 0.580. The number of piperidine rings is 1. The van der Waals surface area contributed by atoms with Gasteiger partial charge in [-0.25, -0.2) is 4.39 Å². The van der Waals surface area contributed by atoms with Gasteiger partial charge in [0.2, 0.25) is 0 Å². The molecule has 5 rings (SSSR count). The zero-order valence-electron chi connectivity index (χ0n) is 17.9. The van der Waals surface area contributed by atoms with Gasteiger partial charge in [-0.1, -0.05) is 0 Å². The molecule has 2 saturated heterocycles. The molecule has 8 heteroatoms. The number of aromatic hydroxyl groups is 1. The maximum Gasteiger partial charge on any atom is 0.258 e. The molecular weight excluding hydrogens is 397 g/mol. The number of nitrogens with zero attached hydrogens (tertiary/aromatic N) is 5. The number of rotatable bonds is 3. The Hall–Kier alpha value is -3.00. The van der Waals surface area contributed by atoms with E-state index in [9.17, 15) is 9.90 Å². The van der Waals surface area contributed by atoms with Crippen LogP contribution in [0.1, 0.15) is 19.3 Å². The van der Waals surface area contributed by atoms with Gasteiger partial charge in [-0.2, -0.15) is 0 Å². The summed E-state index contributed by atoms with van der Waals surface area (Å²) in [6.45, 7) is 0. The van der Waals surface area contributed by atoms with Crippen molar-refractivity contribution < 1.29 is 9.50 Å². The van der Waals surface area contributed by atoms with Crippen molar-refractivity contribution in [1.29, 1.82) is 0 Å². The van der Waals surface area contributed by atoms with Crippen LogP contribution in [-0.2, 0) is 7.05 Å².